The van der Waals surface area contributed by atoms with E-state index >= 15 is 0 Å². The van der Waals surface area contributed by atoms with Gasteiger partial charge < -0.3 is 5.11 Å². The monoisotopic (exact) mass is 322 g/mol. The van der Waals surface area contributed by atoms with Crippen LogP contribution < -0.4 is 5.43 Å². The van der Waals surface area contributed by atoms with Gasteiger partial charge in [0.05, 0.1) is 16.7 Å². The molecule has 110 valence electrons. The zero-order valence-electron chi connectivity index (χ0n) is 10.8. The van der Waals surface area contributed by atoms with Crippen LogP contribution in [0.15, 0.2) is 26.6 Å². The Morgan fingerprint density at radius 1 is 1.45 bits per heavy atom. The van der Waals surface area contributed by atoms with Gasteiger partial charge in [0.2, 0.25) is 0 Å². The van der Waals surface area contributed by atoms with Gasteiger partial charge in [-0.15, -0.1) is 23.5 Å². The van der Waals surface area contributed by atoms with Crippen molar-refractivity contribution in [3.05, 3.63) is 21.5 Å². The number of halogens is 3. The summed E-state index contributed by atoms with van der Waals surface area (Å²) in [7, 11) is 0. The predicted molar refractivity (Wildman–Crippen MR) is 75.1 cm³/mol. The van der Waals surface area contributed by atoms with Crippen molar-refractivity contribution in [3.63, 3.8) is 0 Å². The molecule has 0 bridgehead atoms. The number of rotatable bonds is 1. The van der Waals surface area contributed by atoms with E-state index in [1.54, 1.807) is 23.5 Å². The second kappa shape index (κ2) is 4.45. The van der Waals surface area contributed by atoms with Crippen molar-refractivity contribution in [2.24, 2.45) is 11.0 Å². The minimum absolute atomic E-state index is 0.266. The summed E-state index contributed by atoms with van der Waals surface area (Å²) < 4.78 is 38.6. The quantitative estimate of drug-likeness (QED) is 0.778. The molecular weight excluding hydrogens is 309 g/mol. The molecule has 0 saturated carbocycles. The fraction of sp³-hybridized carbons (Fsp3) is 0.583. The molecular formula is C12H13F3N2OS2. The minimum Gasteiger partial charge on any atom is -0.362 e. The maximum Gasteiger partial charge on any atom is 0.438 e. The Balaban J connectivity index is 1.85. The summed E-state index contributed by atoms with van der Waals surface area (Å²) >= 11 is 3.23. The average Bonchev–Trinajstić information content (AvgIpc) is 2.97. The first kappa shape index (κ1) is 14.3. The lowest BCUT2D eigenvalue weighted by Crippen LogP contribution is -2.52. The van der Waals surface area contributed by atoms with Crippen LogP contribution in [0.25, 0.3) is 0 Å². The molecule has 20 heavy (non-hydrogen) atoms. The van der Waals surface area contributed by atoms with E-state index in [4.69, 9.17) is 0 Å². The van der Waals surface area contributed by atoms with Crippen LogP contribution in [0.1, 0.15) is 20.3 Å². The molecule has 0 aromatic heterocycles. The van der Waals surface area contributed by atoms with Crippen LogP contribution in [-0.2, 0) is 0 Å². The first-order chi connectivity index (χ1) is 9.23. The van der Waals surface area contributed by atoms with Gasteiger partial charge in [-0.25, -0.2) is 0 Å². The Labute approximate surface area is 122 Å². The zero-order chi connectivity index (χ0) is 14.7. The van der Waals surface area contributed by atoms with Crippen LogP contribution in [0.4, 0.5) is 13.2 Å². The molecule has 0 aliphatic carbocycles. The molecule has 0 aromatic rings. The Morgan fingerprint density at radius 2 is 2.15 bits per heavy atom. The topological polar surface area (TPSA) is 44.6 Å². The van der Waals surface area contributed by atoms with E-state index in [-0.39, 0.29) is 10.5 Å². The standard InChI is InChI=1S/C12H13F3N2OS2/c1-5-4-19-10-8(5)6(2)9(20-10)7-3-11(18,17-16-7)12(13,14)15/h4,8,10,17-18H,3H2,1-2H3. The van der Waals surface area contributed by atoms with Crippen LogP contribution in [0.3, 0.4) is 0 Å². The third kappa shape index (κ3) is 2.00. The van der Waals surface area contributed by atoms with Gasteiger partial charge in [-0.1, -0.05) is 5.57 Å². The van der Waals surface area contributed by atoms with Crippen molar-refractivity contribution < 1.29 is 18.3 Å². The maximum absolute atomic E-state index is 12.8. The van der Waals surface area contributed by atoms with Crippen molar-refractivity contribution in [3.8, 4) is 0 Å². The molecule has 8 heteroatoms. The first-order valence-electron chi connectivity index (χ1n) is 6.06. The van der Waals surface area contributed by atoms with E-state index in [9.17, 15) is 18.3 Å². The smallest absolute Gasteiger partial charge is 0.362 e. The number of nitrogens with one attached hydrogen (secondary N) is 1. The van der Waals surface area contributed by atoms with Crippen LogP contribution in [-0.4, -0.2) is 27.3 Å². The first-order valence-corrected chi connectivity index (χ1v) is 7.88. The number of nitrogens with zero attached hydrogens (tertiary/aromatic N) is 1. The number of alkyl halides is 3. The minimum atomic E-state index is -4.74. The fourth-order valence-corrected chi connectivity index (χ4v) is 5.71. The molecule has 3 nitrogen and oxygen atoms in total. The third-order valence-electron chi connectivity index (χ3n) is 3.74. The van der Waals surface area contributed by atoms with Gasteiger partial charge >= 0.3 is 6.18 Å². The van der Waals surface area contributed by atoms with Crippen LogP contribution in [0, 0.1) is 5.92 Å². The van der Waals surface area contributed by atoms with Crippen molar-refractivity contribution in [2.75, 3.05) is 0 Å². The number of thioether (sulfide) groups is 2. The van der Waals surface area contributed by atoms with Crippen molar-refractivity contribution in [1.82, 2.24) is 5.43 Å². The van der Waals surface area contributed by atoms with Crippen LogP contribution >= 0.6 is 23.5 Å². The van der Waals surface area contributed by atoms with Crippen molar-refractivity contribution >= 4 is 29.2 Å². The summed E-state index contributed by atoms with van der Waals surface area (Å²) in [6, 6.07) is 0. The molecule has 3 heterocycles. The largest absolute Gasteiger partial charge is 0.438 e. The van der Waals surface area contributed by atoms with E-state index in [1.807, 2.05) is 19.3 Å². The second-order valence-electron chi connectivity index (χ2n) is 5.18. The molecule has 0 radical (unpaired) electrons. The van der Waals surface area contributed by atoms with Gasteiger partial charge in [0, 0.05) is 10.8 Å². The lowest BCUT2D eigenvalue weighted by atomic mass is 9.94. The zero-order valence-corrected chi connectivity index (χ0v) is 12.4. The molecule has 0 amide bonds. The molecule has 3 aliphatic rings. The maximum atomic E-state index is 12.8. The summed E-state index contributed by atoms with van der Waals surface area (Å²) in [5.41, 5.74) is 1.49. The average molecular weight is 322 g/mol. The Kier molecular flexibility index (Phi) is 3.19. The van der Waals surface area contributed by atoms with E-state index in [1.165, 1.54) is 5.57 Å². The highest BCUT2D eigenvalue weighted by Gasteiger charge is 2.58. The number of fused-ring (bicyclic) bond motifs is 1. The number of aliphatic hydroxyl groups is 1. The summed E-state index contributed by atoms with van der Waals surface area (Å²) in [5.74, 6) is 0.266. The SMILES string of the molecule is CC1=CSC2SC(C3=NNC(O)(C(F)(F)F)C3)=C(C)C12. The van der Waals surface area contributed by atoms with E-state index in [2.05, 4.69) is 10.5 Å². The molecule has 0 fully saturated rings. The van der Waals surface area contributed by atoms with Crippen molar-refractivity contribution in [2.45, 2.75) is 36.8 Å². The predicted octanol–water partition coefficient (Wildman–Crippen LogP) is 3.20. The number of hydrazone groups is 1. The third-order valence-corrected chi connectivity index (χ3v) is 6.71. The molecule has 0 saturated heterocycles. The van der Waals surface area contributed by atoms with Gasteiger partial charge in [0.25, 0.3) is 5.72 Å². The lowest BCUT2D eigenvalue weighted by Gasteiger charge is -2.24. The molecule has 3 atom stereocenters. The summed E-state index contributed by atoms with van der Waals surface area (Å²) in [4.78, 5) is 0.785. The van der Waals surface area contributed by atoms with Crippen LogP contribution in [0.5, 0.6) is 0 Å². The molecule has 2 N–H and O–H groups in total. The highest BCUT2D eigenvalue weighted by molar-refractivity contribution is 8.20. The van der Waals surface area contributed by atoms with Crippen LogP contribution in [0.2, 0.25) is 0 Å². The fourth-order valence-electron chi connectivity index (χ4n) is 2.60. The van der Waals surface area contributed by atoms with Crippen molar-refractivity contribution in [1.29, 1.82) is 0 Å². The summed E-state index contributed by atoms with van der Waals surface area (Å²) in [6.45, 7) is 3.97. The lowest BCUT2D eigenvalue weighted by molar-refractivity contribution is -0.266. The van der Waals surface area contributed by atoms with E-state index in [0.29, 0.717) is 5.71 Å². The van der Waals surface area contributed by atoms with Gasteiger partial charge in [0.1, 0.15) is 0 Å². The van der Waals surface area contributed by atoms with Gasteiger partial charge in [-0.2, -0.15) is 18.3 Å². The molecule has 3 unspecified atom stereocenters. The Hall–Kier alpha value is -0.600. The Morgan fingerprint density at radius 3 is 2.70 bits per heavy atom. The molecule has 3 rings (SSSR count). The molecule has 0 spiro atoms. The highest BCUT2D eigenvalue weighted by Crippen LogP contribution is 2.55. The van der Waals surface area contributed by atoms with Gasteiger partial charge in [0.15, 0.2) is 0 Å². The van der Waals surface area contributed by atoms with Gasteiger partial charge in [-0.3, -0.25) is 5.43 Å². The molecule has 0 aromatic carbocycles. The number of hydrogen-bond acceptors (Lipinski definition) is 5. The second-order valence-corrected chi connectivity index (χ2v) is 7.65. The van der Waals surface area contributed by atoms with Gasteiger partial charge in [-0.05, 0) is 24.8 Å². The van der Waals surface area contributed by atoms with E-state index in [0.717, 1.165) is 10.5 Å². The highest BCUT2D eigenvalue weighted by atomic mass is 32.2. The summed E-state index contributed by atoms with van der Waals surface area (Å²) in [6.07, 6.45) is -5.28. The molecule has 3 aliphatic heterocycles. The Bertz CT molecular complexity index is 555. The number of allylic oxidation sites excluding steroid dienone is 3. The number of hydrogen-bond donors (Lipinski definition) is 2. The van der Waals surface area contributed by atoms with E-state index < -0.39 is 18.3 Å². The normalized spacial score (nSPS) is 36.9. The summed E-state index contributed by atoms with van der Waals surface area (Å²) in [5, 5.41) is 15.4.